The smallest absolute Gasteiger partial charge is 0.306 e. The zero-order valence-electron chi connectivity index (χ0n) is 12.6. The molecule has 8 heteroatoms. The third kappa shape index (κ3) is 5.05. The summed E-state index contributed by atoms with van der Waals surface area (Å²) in [6.07, 6.45) is 0.0484. The topological polar surface area (TPSA) is 63.7 Å². The van der Waals surface area contributed by atoms with Crippen LogP contribution >= 0.6 is 27.3 Å². The molecule has 0 aliphatic rings. The maximum Gasteiger partial charge on any atom is 0.306 e. The molecule has 0 aliphatic carbocycles. The van der Waals surface area contributed by atoms with Crippen molar-refractivity contribution >= 4 is 43.3 Å². The van der Waals surface area contributed by atoms with Gasteiger partial charge >= 0.3 is 5.97 Å². The number of aryl methyl sites for hydroxylation is 1. The van der Waals surface area contributed by atoms with E-state index in [1.165, 1.54) is 22.8 Å². The van der Waals surface area contributed by atoms with Crippen LogP contribution in [-0.2, 0) is 19.6 Å². The van der Waals surface area contributed by atoms with Crippen LogP contribution in [-0.4, -0.2) is 38.9 Å². The Hall–Kier alpha value is -0.440. The van der Waals surface area contributed by atoms with Crippen LogP contribution in [0.4, 0.5) is 0 Å². The lowest BCUT2D eigenvalue weighted by Gasteiger charge is -2.23. The highest BCUT2D eigenvalue weighted by atomic mass is 79.9. The van der Waals surface area contributed by atoms with Gasteiger partial charge in [-0.15, -0.1) is 11.3 Å². The minimum Gasteiger partial charge on any atom is -0.469 e. The Kier molecular flexibility index (Phi) is 6.83. The standard InChI is InChI=1S/C13H20BrNO4S2/c1-9(2)8-15(6-5-13(16)19-4)21(17,18)11-7-12(14)20-10(11)3/h7,9H,5-6,8H2,1-4H3. The normalized spacial score (nSPS) is 12.1. The molecule has 21 heavy (non-hydrogen) atoms. The van der Waals surface area contributed by atoms with Gasteiger partial charge in [-0.25, -0.2) is 8.42 Å². The molecule has 5 nitrogen and oxygen atoms in total. The summed E-state index contributed by atoms with van der Waals surface area (Å²) in [7, 11) is -2.31. The zero-order chi connectivity index (χ0) is 16.2. The van der Waals surface area contributed by atoms with Crippen molar-refractivity contribution in [1.29, 1.82) is 0 Å². The van der Waals surface area contributed by atoms with Crippen molar-refractivity contribution in [3.05, 3.63) is 14.7 Å². The Morgan fingerprint density at radius 2 is 2.10 bits per heavy atom. The number of esters is 1. The van der Waals surface area contributed by atoms with Gasteiger partial charge in [0.25, 0.3) is 0 Å². The maximum atomic E-state index is 12.8. The molecule has 1 heterocycles. The average molecular weight is 398 g/mol. The second kappa shape index (κ2) is 7.71. The Bertz CT molecular complexity index is 595. The SMILES string of the molecule is COC(=O)CCN(CC(C)C)S(=O)(=O)c1cc(Br)sc1C. The molecule has 0 saturated heterocycles. The number of sulfonamides is 1. The molecule has 0 aromatic carbocycles. The predicted octanol–water partition coefficient (Wildman–Crippen LogP) is 3.03. The van der Waals surface area contributed by atoms with Gasteiger partial charge in [0, 0.05) is 18.0 Å². The van der Waals surface area contributed by atoms with E-state index < -0.39 is 16.0 Å². The van der Waals surface area contributed by atoms with Gasteiger partial charge in [0.15, 0.2) is 0 Å². The Morgan fingerprint density at radius 3 is 2.52 bits per heavy atom. The highest BCUT2D eigenvalue weighted by Crippen LogP contribution is 2.31. The van der Waals surface area contributed by atoms with E-state index in [1.807, 2.05) is 13.8 Å². The molecule has 0 unspecified atom stereocenters. The van der Waals surface area contributed by atoms with Crippen LogP contribution in [0, 0.1) is 12.8 Å². The van der Waals surface area contributed by atoms with Gasteiger partial charge in [-0.3, -0.25) is 4.79 Å². The van der Waals surface area contributed by atoms with Gasteiger partial charge in [-0.1, -0.05) is 13.8 Å². The highest BCUT2D eigenvalue weighted by molar-refractivity contribution is 9.11. The zero-order valence-corrected chi connectivity index (χ0v) is 15.8. The number of rotatable bonds is 7. The summed E-state index contributed by atoms with van der Waals surface area (Å²) in [5.74, 6) is -0.248. The number of hydrogen-bond acceptors (Lipinski definition) is 5. The number of halogens is 1. The van der Waals surface area contributed by atoms with Gasteiger partial charge in [0.1, 0.15) is 0 Å². The first-order chi connectivity index (χ1) is 9.68. The number of ether oxygens (including phenoxy) is 1. The van der Waals surface area contributed by atoms with Gasteiger partial charge in [0.05, 0.1) is 22.2 Å². The summed E-state index contributed by atoms with van der Waals surface area (Å²) in [6.45, 7) is 6.15. The number of carbonyl (C=O) groups is 1. The second-order valence-electron chi connectivity index (χ2n) is 5.05. The predicted molar refractivity (Wildman–Crippen MR) is 87.0 cm³/mol. The summed E-state index contributed by atoms with van der Waals surface area (Å²) in [6, 6.07) is 1.61. The van der Waals surface area contributed by atoms with Crippen molar-refractivity contribution in [2.45, 2.75) is 32.1 Å². The summed E-state index contributed by atoms with van der Waals surface area (Å²) < 4.78 is 32.2. The lowest BCUT2D eigenvalue weighted by Crippen LogP contribution is -2.36. The van der Waals surface area contributed by atoms with Crippen molar-refractivity contribution in [3.63, 3.8) is 0 Å². The molecule has 1 aromatic rings. The first kappa shape index (κ1) is 18.6. The van der Waals surface area contributed by atoms with Crippen molar-refractivity contribution in [2.75, 3.05) is 20.2 Å². The lowest BCUT2D eigenvalue weighted by molar-refractivity contribution is -0.140. The summed E-state index contributed by atoms with van der Waals surface area (Å²) in [5.41, 5.74) is 0. The van der Waals surface area contributed by atoms with E-state index in [4.69, 9.17) is 0 Å². The average Bonchev–Trinajstić information content (AvgIpc) is 2.73. The molecular formula is C13H20BrNO4S2. The molecule has 0 spiro atoms. The molecule has 0 atom stereocenters. The maximum absolute atomic E-state index is 12.8. The number of methoxy groups -OCH3 is 1. The lowest BCUT2D eigenvalue weighted by atomic mass is 10.2. The quantitative estimate of drug-likeness (QED) is 0.663. The molecule has 0 saturated carbocycles. The van der Waals surface area contributed by atoms with E-state index in [0.717, 1.165) is 8.66 Å². The Labute approximate surface area is 138 Å². The van der Waals surface area contributed by atoms with Gasteiger partial charge in [-0.05, 0) is 34.8 Å². The largest absolute Gasteiger partial charge is 0.469 e. The first-order valence-corrected chi connectivity index (χ1v) is 9.56. The Morgan fingerprint density at radius 1 is 1.48 bits per heavy atom. The molecule has 0 radical (unpaired) electrons. The van der Waals surface area contributed by atoms with Crippen molar-refractivity contribution in [3.8, 4) is 0 Å². The molecule has 1 rings (SSSR count). The summed E-state index contributed by atoms with van der Waals surface area (Å²) >= 11 is 4.69. The fraction of sp³-hybridized carbons (Fsp3) is 0.615. The molecule has 0 fully saturated rings. The molecular weight excluding hydrogens is 378 g/mol. The van der Waals surface area contributed by atoms with E-state index in [9.17, 15) is 13.2 Å². The van der Waals surface area contributed by atoms with E-state index >= 15 is 0 Å². The number of carbonyl (C=O) groups excluding carboxylic acids is 1. The fourth-order valence-corrected chi connectivity index (χ4v) is 5.85. The summed E-state index contributed by atoms with van der Waals surface area (Å²) in [5, 5.41) is 0. The fourth-order valence-electron chi connectivity index (χ4n) is 1.86. The third-order valence-corrected chi connectivity index (χ3v) is 6.50. The van der Waals surface area contributed by atoms with Gasteiger partial charge in [0.2, 0.25) is 10.0 Å². The van der Waals surface area contributed by atoms with Crippen LogP contribution < -0.4 is 0 Å². The third-order valence-electron chi connectivity index (χ3n) is 2.82. The monoisotopic (exact) mass is 397 g/mol. The van der Waals surface area contributed by atoms with E-state index in [2.05, 4.69) is 20.7 Å². The molecule has 0 aliphatic heterocycles. The van der Waals surface area contributed by atoms with Crippen LogP contribution in [0.15, 0.2) is 14.7 Å². The number of hydrogen-bond donors (Lipinski definition) is 0. The minimum absolute atomic E-state index is 0.0484. The van der Waals surface area contributed by atoms with Crippen LogP contribution in [0.3, 0.4) is 0 Å². The number of nitrogens with zero attached hydrogens (tertiary/aromatic N) is 1. The molecule has 0 N–H and O–H groups in total. The van der Waals surface area contributed by atoms with E-state index in [1.54, 1.807) is 13.0 Å². The van der Waals surface area contributed by atoms with Crippen LogP contribution in [0.2, 0.25) is 0 Å². The first-order valence-electron chi connectivity index (χ1n) is 6.51. The molecule has 120 valence electrons. The minimum atomic E-state index is -3.60. The Balaban J connectivity index is 3.05. The molecule has 1 aromatic heterocycles. The molecule has 0 bridgehead atoms. The van der Waals surface area contributed by atoms with Crippen LogP contribution in [0.1, 0.15) is 25.1 Å². The van der Waals surface area contributed by atoms with E-state index in [0.29, 0.717) is 11.4 Å². The van der Waals surface area contributed by atoms with Crippen molar-refractivity contribution in [2.24, 2.45) is 5.92 Å². The van der Waals surface area contributed by atoms with Crippen molar-refractivity contribution in [1.82, 2.24) is 4.31 Å². The second-order valence-corrected chi connectivity index (χ2v) is 9.60. The molecule has 0 amide bonds. The highest BCUT2D eigenvalue weighted by Gasteiger charge is 2.28. The van der Waals surface area contributed by atoms with Crippen LogP contribution in [0.5, 0.6) is 0 Å². The van der Waals surface area contributed by atoms with Crippen LogP contribution in [0.25, 0.3) is 0 Å². The van der Waals surface area contributed by atoms with Crippen molar-refractivity contribution < 1.29 is 17.9 Å². The number of thiophene rings is 1. The van der Waals surface area contributed by atoms with Gasteiger partial charge < -0.3 is 4.74 Å². The summed E-state index contributed by atoms with van der Waals surface area (Å²) in [4.78, 5) is 12.3. The van der Waals surface area contributed by atoms with Gasteiger partial charge in [-0.2, -0.15) is 4.31 Å². The van der Waals surface area contributed by atoms with E-state index in [-0.39, 0.29) is 18.9 Å².